The normalized spacial score (nSPS) is 30.2. The van der Waals surface area contributed by atoms with Crippen molar-refractivity contribution in [1.82, 2.24) is 0 Å². The molecule has 0 unspecified atom stereocenters. The van der Waals surface area contributed by atoms with Gasteiger partial charge in [0.2, 0.25) is 6.29 Å². The fraction of sp³-hybridized carbons (Fsp3) is 0.562. The molecule has 1 aromatic rings. The zero-order chi connectivity index (χ0) is 17.9. The van der Waals surface area contributed by atoms with Gasteiger partial charge in [-0.1, -0.05) is 0 Å². The Kier molecular flexibility index (Phi) is 6.27. The van der Waals surface area contributed by atoms with E-state index in [4.69, 9.17) is 14.6 Å². The van der Waals surface area contributed by atoms with Crippen LogP contribution in [0.2, 0.25) is 0 Å². The maximum absolute atomic E-state index is 11.5. The van der Waals surface area contributed by atoms with Gasteiger partial charge in [0.25, 0.3) is 0 Å². The van der Waals surface area contributed by atoms with E-state index in [1.807, 2.05) is 0 Å². The molecular formula is C16H22O8. The smallest absolute Gasteiger partial charge is 0.229 e. The highest BCUT2D eigenvalue weighted by Crippen LogP contribution is 2.27. The van der Waals surface area contributed by atoms with Crippen LogP contribution in [0.1, 0.15) is 22.8 Å². The number of ether oxygens (including phenoxy) is 2. The molecular weight excluding hydrogens is 320 g/mol. The molecule has 0 spiro atoms. The molecule has 2 rings (SSSR count). The Morgan fingerprint density at radius 2 is 1.88 bits per heavy atom. The van der Waals surface area contributed by atoms with Crippen LogP contribution in [0.4, 0.5) is 0 Å². The Hall–Kier alpha value is -1.55. The Bertz CT molecular complexity index is 573. The maximum atomic E-state index is 11.5. The molecule has 1 heterocycles. The first-order valence-electron chi connectivity index (χ1n) is 7.61. The molecule has 1 aliphatic rings. The first-order chi connectivity index (χ1) is 11.4. The third-order valence-corrected chi connectivity index (χ3v) is 3.94. The lowest BCUT2D eigenvalue weighted by atomic mass is 9.99. The van der Waals surface area contributed by atoms with Crippen LogP contribution in [0.15, 0.2) is 18.2 Å². The van der Waals surface area contributed by atoms with E-state index in [0.29, 0.717) is 11.1 Å². The van der Waals surface area contributed by atoms with Crippen LogP contribution >= 0.6 is 0 Å². The summed E-state index contributed by atoms with van der Waals surface area (Å²) in [5.74, 6) is 0.118. The second-order valence-corrected chi connectivity index (χ2v) is 5.67. The molecule has 134 valence electrons. The van der Waals surface area contributed by atoms with Crippen LogP contribution < -0.4 is 4.74 Å². The lowest BCUT2D eigenvalue weighted by Gasteiger charge is -2.39. The molecule has 1 aromatic carbocycles. The summed E-state index contributed by atoms with van der Waals surface area (Å²) in [6.07, 6.45) is -6.72. The third-order valence-electron chi connectivity index (χ3n) is 3.94. The number of hydrogen-bond donors (Lipinski definition) is 5. The van der Waals surface area contributed by atoms with Crippen LogP contribution in [0.3, 0.4) is 0 Å². The first-order valence-corrected chi connectivity index (χ1v) is 7.61. The standard InChI is InChI=1S/C16H22O8/c1-8(19)9-2-3-11(10(6-9)4-5-17)23-16-15(22)14(21)13(20)12(7-18)24-16/h2-3,6,12-18,20-22H,4-5,7H2,1H3/t12-,13-,14+,15-,16-/m1/s1. The van der Waals surface area contributed by atoms with Crippen molar-refractivity contribution in [1.29, 1.82) is 0 Å². The second-order valence-electron chi connectivity index (χ2n) is 5.67. The maximum Gasteiger partial charge on any atom is 0.229 e. The molecule has 0 aromatic heterocycles. The predicted octanol–water partition coefficient (Wildman–Crippen LogP) is -1.40. The van der Waals surface area contributed by atoms with Crippen molar-refractivity contribution in [2.24, 2.45) is 0 Å². The van der Waals surface area contributed by atoms with E-state index in [2.05, 4.69) is 0 Å². The van der Waals surface area contributed by atoms with Gasteiger partial charge in [0.15, 0.2) is 5.78 Å². The molecule has 24 heavy (non-hydrogen) atoms. The highest BCUT2D eigenvalue weighted by atomic mass is 16.7. The summed E-state index contributed by atoms with van der Waals surface area (Å²) >= 11 is 0. The Labute approximate surface area is 138 Å². The fourth-order valence-corrected chi connectivity index (χ4v) is 2.52. The van der Waals surface area contributed by atoms with Crippen molar-refractivity contribution >= 4 is 5.78 Å². The molecule has 1 fully saturated rings. The molecule has 0 aliphatic carbocycles. The van der Waals surface area contributed by atoms with Gasteiger partial charge in [-0.25, -0.2) is 0 Å². The third kappa shape index (κ3) is 3.92. The topological polar surface area (TPSA) is 137 Å². The minimum absolute atomic E-state index is 0.145. The summed E-state index contributed by atoms with van der Waals surface area (Å²) < 4.78 is 10.8. The van der Waals surface area contributed by atoms with E-state index >= 15 is 0 Å². The van der Waals surface area contributed by atoms with Gasteiger partial charge < -0.3 is 35.0 Å². The number of Topliss-reactive ketones (excluding diaryl/α,β-unsaturated/α-hetero) is 1. The van der Waals surface area contributed by atoms with Gasteiger partial charge in [-0.15, -0.1) is 0 Å². The van der Waals surface area contributed by atoms with Crippen LogP contribution in [0.5, 0.6) is 5.75 Å². The summed E-state index contributed by atoms with van der Waals surface area (Å²) in [4.78, 5) is 11.5. The quantitative estimate of drug-likeness (QED) is 0.398. The molecule has 8 nitrogen and oxygen atoms in total. The molecule has 1 aliphatic heterocycles. The summed E-state index contributed by atoms with van der Waals surface area (Å²) in [5, 5.41) is 47.9. The lowest BCUT2D eigenvalue weighted by molar-refractivity contribution is -0.277. The fourth-order valence-electron chi connectivity index (χ4n) is 2.52. The van der Waals surface area contributed by atoms with E-state index in [1.165, 1.54) is 19.1 Å². The lowest BCUT2D eigenvalue weighted by Crippen LogP contribution is -2.60. The summed E-state index contributed by atoms with van der Waals surface area (Å²) in [6, 6.07) is 4.60. The largest absolute Gasteiger partial charge is 0.462 e. The molecule has 5 atom stereocenters. The van der Waals surface area contributed by atoms with Crippen LogP contribution in [-0.2, 0) is 11.2 Å². The van der Waals surface area contributed by atoms with E-state index in [1.54, 1.807) is 6.07 Å². The van der Waals surface area contributed by atoms with Gasteiger partial charge in [-0.2, -0.15) is 0 Å². The van der Waals surface area contributed by atoms with Crippen molar-refractivity contribution in [2.75, 3.05) is 13.2 Å². The first kappa shape index (κ1) is 18.8. The van der Waals surface area contributed by atoms with E-state index in [9.17, 15) is 25.2 Å². The van der Waals surface area contributed by atoms with Crippen molar-refractivity contribution in [2.45, 2.75) is 44.1 Å². The summed E-state index contributed by atoms with van der Waals surface area (Å²) in [6.45, 7) is 0.681. The number of rotatable bonds is 6. The zero-order valence-corrected chi connectivity index (χ0v) is 13.2. The Morgan fingerprint density at radius 3 is 2.46 bits per heavy atom. The molecule has 0 amide bonds. The molecule has 5 N–H and O–H groups in total. The van der Waals surface area contributed by atoms with Gasteiger partial charge in [-0.05, 0) is 37.1 Å². The average molecular weight is 342 g/mol. The average Bonchev–Trinajstić information content (AvgIpc) is 2.56. The van der Waals surface area contributed by atoms with E-state index in [-0.39, 0.29) is 24.6 Å². The van der Waals surface area contributed by atoms with Gasteiger partial charge >= 0.3 is 0 Å². The Morgan fingerprint density at radius 1 is 1.17 bits per heavy atom. The SMILES string of the molecule is CC(=O)c1ccc(O[C@@H]2O[C@H](CO)[C@@H](O)[C@H](O)[C@H]2O)c(CCO)c1. The molecule has 1 saturated heterocycles. The number of ketones is 1. The van der Waals surface area contributed by atoms with E-state index in [0.717, 1.165) is 0 Å². The second kappa shape index (κ2) is 8.02. The highest BCUT2D eigenvalue weighted by Gasteiger charge is 2.44. The van der Waals surface area contributed by atoms with E-state index < -0.39 is 37.3 Å². The number of aliphatic hydroxyl groups is 5. The number of hydrogen-bond acceptors (Lipinski definition) is 8. The number of carbonyl (C=O) groups excluding carboxylic acids is 1. The van der Waals surface area contributed by atoms with Crippen LogP contribution in [0, 0.1) is 0 Å². The summed E-state index contributed by atoms with van der Waals surface area (Å²) in [7, 11) is 0. The molecule has 0 bridgehead atoms. The highest BCUT2D eigenvalue weighted by molar-refractivity contribution is 5.94. The van der Waals surface area contributed by atoms with Crippen LogP contribution in [-0.4, -0.2) is 75.2 Å². The Balaban J connectivity index is 2.24. The monoisotopic (exact) mass is 342 g/mol. The van der Waals surface area contributed by atoms with Crippen molar-refractivity contribution in [3.05, 3.63) is 29.3 Å². The predicted molar refractivity (Wildman–Crippen MR) is 81.6 cm³/mol. The number of carbonyl (C=O) groups is 1. The van der Waals surface area contributed by atoms with Crippen molar-refractivity contribution in [3.8, 4) is 5.75 Å². The van der Waals surface area contributed by atoms with Gasteiger partial charge in [-0.3, -0.25) is 4.79 Å². The number of benzene rings is 1. The molecule has 8 heteroatoms. The van der Waals surface area contributed by atoms with Crippen LogP contribution in [0.25, 0.3) is 0 Å². The molecule has 0 saturated carbocycles. The summed E-state index contributed by atoms with van der Waals surface area (Å²) in [5.41, 5.74) is 0.974. The van der Waals surface area contributed by atoms with Crippen molar-refractivity contribution in [3.63, 3.8) is 0 Å². The van der Waals surface area contributed by atoms with Gasteiger partial charge in [0.1, 0.15) is 30.2 Å². The molecule has 0 radical (unpaired) electrons. The minimum Gasteiger partial charge on any atom is -0.462 e. The van der Waals surface area contributed by atoms with Gasteiger partial charge in [0.05, 0.1) is 6.61 Å². The zero-order valence-electron chi connectivity index (χ0n) is 13.2. The number of aliphatic hydroxyl groups excluding tert-OH is 5. The van der Waals surface area contributed by atoms with Gasteiger partial charge in [0, 0.05) is 12.2 Å². The minimum atomic E-state index is -1.54. The van der Waals surface area contributed by atoms with Crippen molar-refractivity contribution < 1.29 is 39.8 Å².